The third-order valence-electron chi connectivity index (χ3n) is 4.03. The quantitative estimate of drug-likeness (QED) is 0.864. The zero-order valence-electron chi connectivity index (χ0n) is 11.8. The molecule has 4 nitrogen and oxygen atoms in total. The average Bonchev–Trinajstić information content (AvgIpc) is 2.45. The fourth-order valence-corrected chi connectivity index (χ4v) is 3.11. The molecule has 1 fully saturated rings. The molecule has 2 unspecified atom stereocenters. The zero-order chi connectivity index (χ0) is 14.1. The largest absolute Gasteiger partial charge is 0.356 e. The number of hydrogen-bond donors (Lipinski definition) is 1. The number of rotatable bonds is 2. The fraction of sp³-hybridized carbons (Fsp3) is 0.467. The van der Waals surface area contributed by atoms with Crippen LogP contribution in [0.5, 0.6) is 0 Å². The molecule has 1 N–H and O–H groups in total. The lowest BCUT2D eigenvalue weighted by molar-refractivity contribution is 0.371. The summed E-state index contributed by atoms with van der Waals surface area (Å²) < 4.78 is 0. The van der Waals surface area contributed by atoms with E-state index in [0.29, 0.717) is 17.2 Å². The van der Waals surface area contributed by atoms with Gasteiger partial charge < -0.3 is 10.2 Å². The molecule has 3 rings (SSSR count). The topological polar surface area (TPSA) is 41.1 Å². The molecule has 0 bridgehead atoms. The Bertz CT molecular complexity index is 616. The maximum atomic E-state index is 6.15. The molecular formula is C15H19ClN4. The predicted molar refractivity (Wildman–Crippen MR) is 83.4 cm³/mol. The third-order valence-corrected chi connectivity index (χ3v) is 4.22. The van der Waals surface area contributed by atoms with Gasteiger partial charge >= 0.3 is 0 Å². The molecule has 1 aliphatic rings. The number of anilines is 1. The van der Waals surface area contributed by atoms with Crippen molar-refractivity contribution in [3.8, 4) is 0 Å². The van der Waals surface area contributed by atoms with E-state index in [9.17, 15) is 0 Å². The molecule has 1 aliphatic heterocycles. The highest BCUT2D eigenvalue weighted by Gasteiger charge is 2.24. The number of fused-ring (bicyclic) bond motifs is 1. The van der Waals surface area contributed by atoms with Crippen LogP contribution >= 0.6 is 11.6 Å². The Morgan fingerprint density at radius 3 is 3.10 bits per heavy atom. The molecule has 1 saturated heterocycles. The van der Waals surface area contributed by atoms with Crippen molar-refractivity contribution < 1.29 is 0 Å². The van der Waals surface area contributed by atoms with E-state index in [1.54, 1.807) is 6.20 Å². The van der Waals surface area contributed by atoms with E-state index in [1.165, 1.54) is 0 Å². The first-order valence-electron chi connectivity index (χ1n) is 7.02. The zero-order valence-corrected chi connectivity index (χ0v) is 12.6. The summed E-state index contributed by atoms with van der Waals surface area (Å²) in [5.74, 6) is 0.930. The minimum atomic E-state index is 0.487. The van der Waals surface area contributed by atoms with E-state index in [1.807, 2.05) is 12.1 Å². The van der Waals surface area contributed by atoms with Crippen molar-refractivity contribution in [2.75, 3.05) is 18.5 Å². The molecule has 2 aromatic rings. The summed E-state index contributed by atoms with van der Waals surface area (Å²) in [6, 6.07) is 6.85. The van der Waals surface area contributed by atoms with Crippen LogP contribution in [0.4, 0.5) is 5.82 Å². The summed E-state index contributed by atoms with van der Waals surface area (Å²) in [5.41, 5.74) is 0.899. The van der Waals surface area contributed by atoms with Gasteiger partial charge in [0.25, 0.3) is 0 Å². The second-order valence-electron chi connectivity index (χ2n) is 5.48. The van der Waals surface area contributed by atoms with Crippen molar-refractivity contribution in [1.82, 2.24) is 15.3 Å². The van der Waals surface area contributed by atoms with Crippen LogP contribution in [0.25, 0.3) is 10.9 Å². The second kappa shape index (κ2) is 5.54. The van der Waals surface area contributed by atoms with E-state index in [-0.39, 0.29) is 0 Å². The molecule has 0 radical (unpaired) electrons. The summed E-state index contributed by atoms with van der Waals surface area (Å²) in [7, 11) is 2.10. The molecule has 106 valence electrons. The van der Waals surface area contributed by atoms with Gasteiger partial charge in [0.2, 0.25) is 0 Å². The Balaban J connectivity index is 2.00. The summed E-state index contributed by atoms with van der Waals surface area (Å²) >= 11 is 6.15. The molecule has 0 aliphatic carbocycles. The van der Waals surface area contributed by atoms with E-state index >= 15 is 0 Å². The third kappa shape index (κ3) is 2.58. The predicted octanol–water partition coefficient (Wildman–Crippen LogP) is 2.86. The normalized spacial score (nSPS) is 22.9. The lowest BCUT2D eigenvalue weighted by Crippen LogP contribution is -2.45. The van der Waals surface area contributed by atoms with Gasteiger partial charge in [-0.05, 0) is 38.4 Å². The summed E-state index contributed by atoms with van der Waals surface area (Å²) in [4.78, 5) is 11.2. The molecule has 5 heteroatoms. The minimum Gasteiger partial charge on any atom is -0.356 e. The van der Waals surface area contributed by atoms with Crippen molar-refractivity contribution in [2.24, 2.45) is 0 Å². The summed E-state index contributed by atoms with van der Waals surface area (Å²) in [6.45, 7) is 3.28. The maximum Gasteiger partial charge on any atom is 0.139 e. The van der Waals surface area contributed by atoms with Crippen molar-refractivity contribution in [2.45, 2.75) is 31.8 Å². The Hall–Kier alpha value is -1.39. The van der Waals surface area contributed by atoms with Crippen molar-refractivity contribution in [3.63, 3.8) is 0 Å². The van der Waals surface area contributed by atoms with E-state index < -0.39 is 0 Å². The van der Waals surface area contributed by atoms with E-state index in [0.717, 1.165) is 36.1 Å². The monoisotopic (exact) mass is 290 g/mol. The van der Waals surface area contributed by atoms with Gasteiger partial charge in [0.05, 0.1) is 5.52 Å². The number of halogens is 1. The SMILES string of the molecule is CC1CC(N(C)c2nc(Cl)cc3ncccc23)CCN1. The Labute approximate surface area is 124 Å². The van der Waals surface area contributed by atoms with Crippen LogP contribution in [0, 0.1) is 0 Å². The molecule has 2 atom stereocenters. The number of aromatic nitrogens is 2. The van der Waals surface area contributed by atoms with E-state index in [4.69, 9.17) is 11.6 Å². The van der Waals surface area contributed by atoms with Crippen LogP contribution < -0.4 is 10.2 Å². The van der Waals surface area contributed by atoms with Gasteiger partial charge in [-0.1, -0.05) is 11.6 Å². The number of nitrogens with one attached hydrogen (secondary N) is 1. The first-order valence-corrected chi connectivity index (χ1v) is 7.40. The Kier molecular flexibility index (Phi) is 3.76. The maximum absolute atomic E-state index is 6.15. The standard InChI is InChI=1S/C15H19ClN4/c1-10-8-11(5-7-17-10)20(2)15-12-4-3-6-18-13(12)9-14(16)19-15/h3-4,6,9-11,17H,5,7-8H2,1-2H3. The Morgan fingerprint density at radius 1 is 1.45 bits per heavy atom. The lowest BCUT2D eigenvalue weighted by Gasteiger charge is -2.36. The Morgan fingerprint density at radius 2 is 2.30 bits per heavy atom. The highest BCUT2D eigenvalue weighted by atomic mass is 35.5. The molecular weight excluding hydrogens is 272 g/mol. The molecule has 0 saturated carbocycles. The molecule has 20 heavy (non-hydrogen) atoms. The molecule has 3 heterocycles. The van der Waals surface area contributed by atoms with Crippen molar-refractivity contribution >= 4 is 28.3 Å². The van der Waals surface area contributed by atoms with Crippen molar-refractivity contribution in [1.29, 1.82) is 0 Å². The van der Waals surface area contributed by atoms with Gasteiger partial charge in [-0.15, -0.1) is 0 Å². The lowest BCUT2D eigenvalue weighted by atomic mass is 9.99. The number of nitrogens with zero attached hydrogens (tertiary/aromatic N) is 3. The number of hydrogen-bond acceptors (Lipinski definition) is 4. The first-order chi connectivity index (χ1) is 9.65. The molecule has 0 aromatic carbocycles. The van der Waals surface area contributed by atoms with Crippen molar-refractivity contribution in [3.05, 3.63) is 29.5 Å². The highest BCUT2D eigenvalue weighted by Crippen LogP contribution is 2.28. The fourth-order valence-electron chi connectivity index (χ4n) is 2.93. The van der Waals surface area contributed by atoms with E-state index in [2.05, 4.69) is 40.2 Å². The smallest absolute Gasteiger partial charge is 0.139 e. The first kappa shape index (κ1) is 13.6. The van der Waals surface area contributed by atoms with Crippen LogP contribution in [-0.2, 0) is 0 Å². The summed E-state index contributed by atoms with van der Waals surface area (Å²) in [5, 5.41) is 5.04. The second-order valence-corrected chi connectivity index (χ2v) is 5.87. The molecule has 0 spiro atoms. The number of piperidine rings is 1. The van der Waals surface area contributed by atoms with Crippen LogP contribution in [0.3, 0.4) is 0 Å². The van der Waals surface area contributed by atoms with Gasteiger partial charge in [0, 0.05) is 36.8 Å². The minimum absolute atomic E-state index is 0.487. The van der Waals surface area contributed by atoms with Crippen LogP contribution in [-0.4, -0.2) is 35.6 Å². The van der Waals surface area contributed by atoms with Gasteiger partial charge in [-0.3, -0.25) is 4.98 Å². The summed E-state index contributed by atoms with van der Waals surface area (Å²) in [6.07, 6.45) is 4.03. The van der Waals surface area contributed by atoms with Crippen LogP contribution in [0.1, 0.15) is 19.8 Å². The van der Waals surface area contributed by atoms with Gasteiger partial charge in [-0.2, -0.15) is 0 Å². The van der Waals surface area contributed by atoms with Gasteiger partial charge in [-0.25, -0.2) is 4.98 Å². The highest BCUT2D eigenvalue weighted by molar-refractivity contribution is 6.30. The van der Waals surface area contributed by atoms with Gasteiger partial charge in [0.15, 0.2) is 0 Å². The molecule has 0 amide bonds. The van der Waals surface area contributed by atoms with Crippen LogP contribution in [0.15, 0.2) is 24.4 Å². The van der Waals surface area contributed by atoms with Gasteiger partial charge in [0.1, 0.15) is 11.0 Å². The number of pyridine rings is 2. The average molecular weight is 291 g/mol. The van der Waals surface area contributed by atoms with Crippen LogP contribution in [0.2, 0.25) is 5.15 Å². The molecule has 2 aromatic heterocycles.